The Labute approximate surface area is 152 Å². The number of carbonyl (C=O) groups excluding carboxylic acids is 2. The Morgan fingerprint density at radius 3 is 2.65 bits per heavy atom. The van der Waals surface area contributed by atoms with Gasteiger partial charge in [0.05, 0.1) is 19.2 Å². The van der Waals surface area contributed by atoms with Crippen molar-refractivity contribution in [1.29, 1.82) is 0 Å². The summed E-state index contributed by atoms with van der Waals surface area (Å²) in [7, 11) is 1.24. The van der Waals surface area contributed by atoms with Gasteiger partial charge in [0.1, 0.15) is 5.01 Å². The Kier molecular flexibility index (Phi) is 6.36. The summed E-state index contributed by atoms with van der Waals surface area (Å²) in [6.07, 6.45) is -3.89. The number of benzene rings is 1. The molecule has 0 saturated carbocycles. The first-order valence-corrected chi connectivity index (χ1v) is 8.63. The van der Waals surface area contributed by atoms with E-state index in [4.69, 9.17) is 0 Å². The zero-order valence-corrected chi connectivity index (χ0v) is 15.0. The van der Waals surface area contributed by atoms with E-state index in [0.29, 0.717) is 18.0 Å². The predicted octanol–water partition coefficient (Wildman–Crippen LogP) is 4.00. The lowest BCUT2D eigenvalue weighted by molar-refractivity contribution is -0.137. The van der Waals surface area contributed by atoms with Gasteiger partial charge in [-0.15, -0.1) is 11.3 Å². The van der Waals surface area contributed by atoms with Crippen molar-refractivity contribution in [3.63, 3.8) is 0 Å². The number of hydrogen-bond acceptors (Lipinski definition) is 5. The van der Waals surface area contributed by atoms with Crippen LogP contribution in [0, 0.1) is 0 Å². The van der Waals surface area contributed by atoms with Gasteiger partial charge < -0.3 is 9.64 Å². The summed E-state index contributed by atoms with van der Waals surface area (Å²) in [5.74, 6) is -1.11. The molecule has 1 amide bonds. The van der Waals surface area contributed by atoms with Crippen molar-refractivity contribution >= 4 is 23.2 Å². The van der Waals surface area contributed by atoms with Crippen molar-refractivity contribution in [3.8, 4) is 0 Å². The molecule has 2 rings (SSSR count). The first kappa shape index (κ1) is 19.9. The van der Waals surface area contributed by atoms with E-state index in [-0.39, 0.29) is 17.8 Å². The van der Waals surface area contributed by atoms with Crippen LogP contribution in [0.5, 0.6) is 0 Å². The van der Waals surface area contributed by atoms with Gasteiger partial charge in [0.2, 0.25) is 0 Å². The molecular formula is C17H17F3N2O3S. The van der Waals surface area contributed by atoms with E-state index in [1.165, 1.54) is 40.9 Å². The fraction of sp³-hybridized carbons (Fsp3) is 0.353. The smallest absolute Gasteiger partial charge is 0.416 e. The lowest BCUT2D eigenvalue weighted by Gasteiger charge is -2.21. The normalized spacial score (nSPS) is 11.3. The number of thiazole rings is 1. The van der Waals surface area contributed by atoms with E-state index >= 15 is 0 Å². The van der Waals surface area contributed by atoms with Gasteiger partial charge in [-0.3, -0.25) is 4.79 Å². The fourth-order valence-electron chi connectivity index (χ4n) is 2.28. The molecule has 0 N–H and O–H groups in total. The highest BCUT2D eigenvalue weighted by molar-refractivity contribution is 7.09. The topological polar surface area (TPSA) is 59.5 Å². The van der Waals surface area contributed by atoms with Gasteiger partial charge >= 0.3 is 12.1 Å². The number of halogens is 3. The molecule has 0 radical (unpaired) electrons. The summed E-state index contributed by atoms with van der Waals surface area (Å²) in [5.41, 5.74) is -0.782. The highest BCUT2D eigenvalue weighted by Crippen LogP contribution is 2.30. The highest BCUT2D eigenvalue weighted by Gasteiger charge is 2.31. The number of methoxy groups -OCH3 is 1. The fourth-order valence-corrected chi connectivity index (χ4v) is 3.06. The Morgan fingerprint density at radius 2 is 2.04 bits per heavy atom. The van der Waals surface area contributed by atoms with Gasteiger partial charge in [0, 0.05) is 17.5 Å². The Bertz CT molecular complexity index is 790. The summed E-state index contributed by atoms with van der Waals surface area (Å²) < 4.78 is 43.2. The summed E-state index contributed by atoms with van der Waals surface area (Å²) >= 11 is 1.18. The number of rotatable bonds is 6. The second-order valence-electron chi connectivity index (χ2n) is 5.42. The van der Waals surface area contributed by atoms with Gasteiger partial charge in [0.15, 0.2) is 5.69 Å². The van der Waals surface area contributed by atoms with Crippen molar-refractivity contribution < 1.29 is 27.5 Å². The maximum absolute atomic E-state index is 12.9. The largest absolute Gasteiger partial charge is 0.464 e. The molecule has 0 spiro atoms. The van der Waals surface area contributed by atoms with Gasteiger partial charge in [-0.25, -0.2) is 9.78 Å². The van der Waals surface area contributed by atoms with Crippen molar-refractivity contribution in [2.75, 3.05) is 13.7 Å². The third-order valence-electron chi connectivity index (χ3n) is 3.49. The van der Waals surface area contributed by atoms with Crippen LogP contribution in [-0.4, -0.2) is 35.4 Å². The van der Waals surface area contributed by atoms with Gasteiger partial charge in [-0.05, 0) is 24.6 Å². The van der Waals surface area contributed by atoms with Crippen LogP contribution in [0.3, 0.4) is 0 Å². The molecule has 0 fully saturated rings. The number of carbonyl (C=O) groups is 2. The lowest BCUT2D eigenvalue weighted by atomic mass is 10.1. The van der Waals surface area contributed by atoms with Crippen LogP contribution in [0.15, 0.2) is 29.6 Å². The first-order chi connectivity index (χ1) is 12.3. The van der Waals surface area contributed by atoms with Crippen molar-refractivity contribution in [2.45, 2.75) is 26.1 Å². The predicted molar refractivity (Wildman–Crippen MR) is 89.9 cm³/mol. The van der Waals surface area contributed by atoms with E-state index < -0.39 is 23.6 Å². The van der Waals surface area contributed by atoms with Crippen LogP contribution in [0.4, 0.5) is 13.2 Å². The Morgan fingerprint density at radius 1 is 1.31 bits per heavy atom. The zero-order valence-electron chi connectivity index (χ0n) is 14.2. The molecule has 0 unspecified atom stereocenters. The highest BCUT2D eigenvalue weighted by atomic mass is 32.1. The zero-order chi connectivity index (χ0) is 19.3. The van der Waals surface area contributed by atoms with Crippen LogP contribution >= 0.6 is 11.3 Å². The molecule has 0 atom stereocenters. The minimum Gasteiger partial charge on any atom is -0.464 e. The Balaban J connectivity index is 2.22. The standard InChI is InChI=1S/C17H17F3N2O3S/c1-3-7-22(9-14-21-13(10-26-14)16(24)25-2)15(23)11-5-4-6-12(8-11)17(18,19)20/h4-6,8,10H,3,7,9H2,1-2H3. The number of hydrogen-bond donors (Lipinski definition) is 0. The molecular weight excluding hydrogens is 369 g/mol. The van der Waals surface area contributed by atoms with E-state index in [1.807, 2.05) is 6.92 Å². The van der Waals surface area contributed by atoms with Crippen LogP contribution in [-0.2, 0) is 17.5 Å². The molecule has 140 valence electrons. The average Bonchev–Trinajstić information content (AvgIpc) is 3.08. The van der Waals surface area contributed by atoms with Gasteiger partial charge in [0.25, 0.3) is 5.91 Å². The second kappa shape index (κ2) is 8.31. The summed E-state index contributed by atoms with van der Waals surface area (Å²) in [6.45, 7) is 2.31. The summed E-state index contributed by atoms with van der Waals surface area (Å²) in [4.78, 5) is 29.6. The van der Waals surface area contributed by atoms with Gasteiger partial charge in [-0.2, -0.15) is 13.2 Å². The van der Waals surface area contributed by atoms with E-state index in [1.54, 1.807) is 0 Å². The average molecular weight is 386 g/mol. The molecule has 0 bridgehead atoms. The molecule has 1 heterocycles. The van der Waals surface area contributed by atoms with E-state index in [9.17, 15) is 22.8 Å². The molecule has 0 saturated heterocycles. The lowest BCUT2D eigenvalue weighted by Crippen LogP contribution is -2.31. The third kappa shape index (κ3) is 4.81. The van der Waals surface area contributed by atoms with Crippen molar-refractivity contribution in [1.82, 2.24) is 9.88 Å². The summed E-state index contributed by atoms with van der Waals surface area (Å²) in [6, 6.07) is 4.32. The van der Waals surface area contributed by atoms with Crippen molar-refractivity contribution in [3.05, 3.63) is 51.5 Å². The molecule has 1 aromatic heterocycles. The number of nitrogens with zero attached hydrogens (tertiary/aromatic N) is 2. The number of esters is 1. The quantitative estimate of drug-likeness (QED) is 0.704. The molecule has 9 heteroatoms. The summed E-state index contributed by atoms with van der Waals surface area (Å²) in [5, 5.41) is 2.01. The molecule has 1 aromatic carbocycles. The molecule has 5 nitrogen and oxygen atoms in total. The number of alkyl halides is 3. The maximum Gasteiger partial charge on any atom is 0.416 e. The number of amides is 1. The van der Waals surface area contributed by atoms with Crippen molar-refractivity contribution in [2.24, 2.45) is 0 Å². The number of ether oxygens (including phenoxy) is 1. The van der Waals surface area contributed by atoms with Crippen LogP contribution in [0.25, 0.3) is 0 Å². The van der Waals surface area contributed by atoms with Gasteiger partial charge in [-0.1, -0.05) is 13.0 Å². The minimum atomic E-state index is -4.52. The second-order valence-corrected chi connectivity index (χ2v) is 6.37. The maximum atomic E-state index is 12.9. The van der Waals surface area contributed by atoms with Crippen LogP contribution in [0.2, 0.25) is 0 Å². The minimum absolute atomic E-state index is 0.0435. The van der Waals surface area contributed by atoms with E-state index in [0.717, 1.165) is 12.1 Å². The van der Waals surface area contributed by atoms with Crippen LogP contribution in [0.1, 0.15) is 44.8 Å². The SMILES string of the molecule is CCCN(Cc1nc(C(=O)OC)cs1)C(=O)c1cccc(C(F)(F)F)c1. The third-order valence-corrected chi connectivity index (χ3v) is 4.32. The monoisotopic (exact) mass is 386 g/mol. The van der Waals surface area contributed by atoms with E-state index in [2.05, 4.69) is 9.72 Å². The molecule has 0 aliphatic carbocycles. The molecule has 0 aliphatic heterocycles. The molecule has 0 aliphatic rings. The Hall–Kier alpha value is -2.42. The first-order valence-electron chi connectivity index (χ1n) is 7.75. The van der Waals surface area contributed by atoms with Crippen LogP contribution < -0.4 is 0 Å². The molecule has 26 heavy (non-hydrogen) atoms. The number of aromatic nitrogens is 1. The molecule has 2 aromatic rings.